The molecular formula is C14H20N2O2. The Balaban J connectivity index is 1.87. The first-order valence-electron chi connectivity index (χ1n) is 6.55. The first-order valence-corrected chi connectivity index (χ1v) is 6.55. The molecule has 0 saturated carbocycles. The second-order valence-corrected chi connectivity index (χ2v) is 5.13. The summed E-state index contributed by atoms with van der Waals surface area (Å²) in [6.45, 7) is 4.71. The zero-order valence-electron chi connectivity index (χ0n) is 10.8. The minimum Gasteiger partial charge on any atom is -0.497 e. The van der Waals surface area contributed by atoms with Gasteiger partial charge in [-0.2, -0.15) is 0 Å². The number of hydrogen-bond acceptors (Lipinski definition) is 4. The maximum atomic E-state index is 5.85. The van der Waals surface area contributed by atoms with Crippen LogP contribution < -0.4 is 15.2 Å². The standard InChI is InChI=1S/C14H20N2O2/c1-17-11-2-3-14-12(6-11)13-8-16(5-4-15)7-10(13)9-18-14/h2-3,6,10,13H,4-5,7-9,15H2,1H3/t10-,13-/m1/s1. The maximum absolute atomic E-state index is 5.85. The molecule has 0 aliphatic carbocycles. The Kier molecular flexibility index (Phi) is 3.14. The average Bonchev–Trinajstić information content (AvgIpc) is 2.81. The number of hydrogen-bond donors (Lipinski definition) is 1. The highest BCUT2D eigenvalue weighted by Crippen LogP contribution is 2.42. The number of ether oxygens (including phenoxy) is 2. The molecule has 0 radical (unpaired) electrons. The maximum Gasteiger partial charge on any atom is 0.123 e. The van der Waals surface area contributed by atoms with Crippen molar-refractivity contribution in [3.63, 3.8) is 0 Å². The highest BCUT2D eigenvalue weighted by molar-refractivity contribution is 5.44. The molecule has 1 fully saturated rings. The smallest absolute Gasteiger partial charge is 0.123 e. The predicted molar refractivity (Wildman–Crippen MR) is 70.2 cm³/mol. The summed E-state index contributed by atoms with van der Waals surface area (Å²) in [5.41, 5.74) is 6.94. The predicted octanol–water partition coefficient (Wildman–Crippen LogP) is 1.06. The molecule has 0 aromatic heterocycles. The van der Waals surface area contributed by atoms with Crippen LogP contribution in [0.1, 0.15) is 11.5 Å². The lowest BCUT2D eigenvalue weighted by atomic mass is 9.87. The lowest BCUT2D eigenvalue weighted by Crippen LogP contribution is -2.28. The van der Waals surface area contributed by atoms with Gasteiger partial charge in [-0.1, -0.05) is 0 Å². The number of rotatable bonds is 3. The number of methoxy groups -OCH3 is 1. The largest absolute Gasteiger partial charge is 0.497 e. The van der Waals surface area contributed by atoms with Crippen LogP contribution in [0.4, 0.5) is 0 Å². The van der Waals surface area contributed by atoms with E-state index < -0.39 is 0 Å². The third-order valence-corrected chi connectivity index (χ3v) is 4.03. The van der Waals surface area contributed by atoms with Crippen LogP contribution in [-0.4, -0.2) is 44.8 Å². The fraction of sp³-hybridized carbons (Fsp3) is 0.571. The Morgan fingerprint density at radius 1 is 1.44 bits per heavy atom. The number of fused-ring (bicyclic) bond motifs is 3. The molecule has 0 unspecified atom stereocenters. The molecule has 0 spiro atoms. The second kappa shape index (κ2) is 4.78. The van der Waals surface area contributed by atoms with E-state index >= 15 is 0 Å². The van der Waals surface area contributed by atoms with Crippen molar-refractivity contribution < 1.29 is 9.47 Å². The van der Waals surface area contributed by atoms with Crippen LogP contribution in [0.5, 0.6) is 11.5 Å². The van der Waals surface area contributed by atoms with Crippen LogP contribution in [-0.2, 0) is 0 Å². The number of nitrogens with zero attached hydrogens (tertiary/aromatic N) is 1. The van der Waals surface area contributed by atoms with E-state index in [1.54, 1.807) is 7.11 Å². The van der Waals surface area contributed by atoms with Crippen molar-refractivity contribution in [2.75, 3.05) is 39.9 Å². The summed E-state index contributed by atoms with van der Waals surface area (Å²) < 4.78 is 11.2. The van der Waals surface area contributed by atoms with Gasteiger partial charge in [-0.15, -0.1) is 0 Å². The highest BCUT2D eigenvalue weighted by atomic mass is 16.5. The SMILES string of the molecule is COc1ccc2c(c1)[C@@H]1CN(CCN)C[C@@H]1CO2. The third-order valence-electron chi connectivity index (χ3n) is 4.03. The molecule has 1 aromatic rings. The molecule has 4 heteroatoms. The number of benzene rings is 1. The molecule has 2 heterocycles. The van der Waals surface area contributed by atoms with Crippen molar-refractivity contribution in [2.45, 2.75) is 5.92 Å². The van der Waals surface area contributed by atoms with Gasteiger partial charge < -0.3 is 20.1 Å². The van der Waals surface area contributed by atoms with Gasteiger partial charge in [0.1, 0.15) is 11.5 Å². The first-order chi connectivity index (χ1) is 8.81. The Hall–Kier alpha value is -1.26. The first kappa shape index (κ1) is 11.8. The van der Waals surface area contributed by atoms with E-state index in [9.17, 15) is 0 Å². The molecule has 0 amide bonds. The fourth-order valence-corrected chi connectivity index (χ4v) is 3.12. The highest BCUT2D eigenvalue weighted by Gasteiger charge is 2.38. The molecule has 2 atom stereocenters. The second-order valence-electron chi connectivity index (χ2n) is 5.13. The van der Waals surface area contributed by atoms with Crippen LogP contribution in [0.25, 0.3) is 0 Å². The molecule has 2 N–H and O–H groups in total. The van der Waals surface area contributed by atoms with Gasteiger partial charge in [0.25, 0.3) is 0 Å². The fourth-order valence-electron chi connectivity index (χ4n) is 3.12. The molecule has 1 saturated heterocycles. The van der Waals surface area contributed by atoms with Crippen molar-refractivity contribution in [3.05, 3.63) is 23.8 Å². The molecule has 4 nitrogen and oxygen atoms in total. The lowest BCUT2D eigenvalue weighted by molar-refractivity contribution is 0.213. The van der Waals surface area contributed by atoms with Crippen molar-refractivity contribution in [3.8, 4) is 11.5 Å². The zero-order valence-corrected chi connectivity index (χ0v) is 10.8. The number of likely N-dealkylation sites (tertiary alicyclic amines) is 1. The third kappa shape index (κ3) is 1.95. The molecular weight excluding hydrogens is 228 g/mol. The molecule has 1 aromatic carbocycles. The Morgan fingerprint density at radius 2 is 2.33 bits per heavy atom. The van der Waals surface area contributed by atoms with E-state index in [1.807, 2.05) is 12.1 Å². The van der Waals surface area contributed by atoms with E-state index in [0.717, 1.165) is 44.3 Å². The van der Waals surface area contributed by atoms with Gasteiger partial charge in [0.2, 0.25) is 0 Å². The summed E-state index contributed by atoms with van der Waals surface area (Å²) in [5.74, 6) is 3.09. The molecule has 3 rings (SSSR count). The summed E-state index contributed by atoms with van der Waals surface area (Å²) in [4.78, 5) is 2.44. The van der Waals surface area contributed by atoms with Crippen molar-refractivity contribution >= 4 is 0 Å². The van der Waals surface area contributed by atoms with Crippen molar-refractivity contribution in [1.29, 1.82) is 0 Å². The average molecular weight is 248 g/mol. The van der Waals surface area contributed by atoms with Gasteiger partial charge in [-0.25, -0.2) is 0 Å². The van der Waals surface area contributed by atoms with E-state index in [4.69, 9.17) is 15.2 Å². The van der Waals surface area contributed by atoms with Crippen LogP contribution in [0.3, 0.4) is 0 Å². The van der Waals surface area contributed by atoms with E-state index in [1.165, 1.54) is 5.56 Å². The minimum atomic E-state index is 0.565. The van der Waals surface area contributed by atoms with Gasteiger partial charge in [-0.3, -0.25) is 0 Å². The van der Waals surface area contributed by atoms with Crippen LogP contribution >= 0.6 is 0 Å². The quantitative estimate of drug-likeness (QED) is 0.869. The van der Waals surface area contributed by atoms with Gasteiger partial charge in [0.15, 0.2) is 0 Å². The van der Waals surface area contributed by atoms with E-state index in [2.05, 4.69) is 11.0 Å². The topological polar surface area (TPSA) is 47.7 Å². The van der Waals surface area contributed by atoms with Crippen LogP contribution in [0.15, 0.2) is 18.2 Å². The van der Waals surface area contributed by atoms with Crippen molar-refractivity contribution in [2.24, 2.45) is 11.7 Å². The lowest BCUT2D eigenvalue weighted by Gasteiger charge is -2.28. The van der Waals surface area contributed by atoms with E-state index in [0.29, 0.717) is 11.8 Å². The van der Waals surface area contributed by atoms with Crippen LogP contribution in [0, 0.1) is 5.92 Å². The molecule has 0 bridgehead atoms. The summed E-state index contributed by atoms with van der Waals surface area (Å²) in [7, 11) is 1.71. The number of nitrogens with two attached hydrogens (primary N) is 1. The van der Waals surface area contributed by atoms with Gasteiger partial charge in [-0.05, 0) is 18.2 Å². The summed E-state index contributed by atoms with van der Waals surface area (Å²) in [6, 6.07) is 6.11. The molecule has 2 aliphatic rings. The molecule has 98 valence electrons. The van der Waals surface area contributed by atoms with Gasteiger partial charge in [0.05, 0.1) is 13.7 Å². The minimum absolute atomic E-state index is 0.565. The summed E-state index contributed by atoms with van der Waals surface area (Å²) in [6.07, 6.45) is 0. The molecule has 18 heavy (non-hydrogen) atoms. The molecule has 2 aliphatic heterocycles. The Labute approximate surface area is 108 Å². The van der Waals surface area contributed by atoms with Gasteiger partial charge in [0, 0.05) is 43.6 Å². The van der Waals surface area contributed by atoms with Crippen LogP contribution in [0.2, 0.25) is 0 Å². The van der Waals surface area contributed by atoms with Gasteiger partial charge >= 0.3 is 0 Å². The normalized spacial score (nSPS) is 26.3. The Morgan fingerprint density at radius 3 is 3.11 bits per heavy atom. The monoisotopic (exact) mass is 248 g/mol. The Bertz CT molecular complexity index is 436. The zero-order chi connectivity index (χ0) is 12.5. The summed E-state index contributed by atoms with van der Waals surface area (Å²) in [5, 5.41) is 0. The summed E-state index contributed by atoms with van der Waals surface area (Å²) >= 11 is 0. The van der Waals surface area contributed by atoms with Crippen molar-refractivity contribution in [1.82, 2.24) is 4.90 Å². The van der Waals surface area contributed by atoms with E-state index in [-0.39, 0.29) is 0 Å².